The van der Waals surface area contributed by atoms with Crippen molar-refractivity contribution in [3.63, 3.8) is 0 Å². The van der Waals surface area contributed by atoms with Gasteiger partial charge in [-0.1, -0.05) is 41.5 Å². The van der Waals surface area contributed by atoms with E-state index in [9.17, 15) is 0 Å². The molecule has 0 atom stereocenters. The van der Waals surface area contributed by atoms with Crippen molar-refractivity contribution in [2.24, 2.45) is 22.7 Å². The standard InChI is InChI=1S/C16H32N2/c1-15(2,3)12-18-8-13(9-18)7-17-10-14(11-17)16(4,5)6/h13-14H,7-12H2,1-6H3. The first-order valence-corrected chi connectivity index (χ1v) is 7.58. The predicted octanol–water partition coefficient (Wildman–Crippen LogP) is 2.94. The van der Waals surface area contributed by atoms with Crippen LogP contribution in [0.1, 0.15) is 41.5 Å². The van der Waals surface area contributed by atoms with E-state index in [4.69, 9.17) is 0 Å². The molecule has 2 heteroatoms. The molecule has 0 spiro atoms. The van der Waals surface area contributed by atoms with Crippen LogP contribution in [0.2, 0.25) is 0 Å². The van der Waals surface area contributed by atoms with Gasteiger partial charge in [-0.2, -0.15) is 0 Å². The van der Waals surface area contributed by atoms with Gasteiger partial charge in [-0.3, -0.25) is 0 Å². The molecule has 0 aliphatic carbocycles. The monoisotopic (exact) mass is 252 g/mol. The van der Waals surface area contributed by atoms with Crippen molar-refractivity contribution >= 4 is 0 Å². The van der Waals surface area contributed by atoms with E-state index in [1.807, 2.05) is 0 Å². The van der Waals surface area contributed by atoms with Gasteiger partial charge in [0.05, 0.1) is 0 Å². The van der Waals surface area contributed by atoms with Crippen LogP contribution in [0.4, 0.5) is 0 Å². The fraction of sp³-hybridized carbons (Fsp3) is 1.00. The lowest BCUT2D eigenvalue weighted by atomic mass is 9.75. The fourth-order valence-electron chi connectivity index (χ4n) is 3.22. The van der Waals surface area contributed by atoms with Crippen molar-refractivity contribution in [2.75, 3.05) is 39.3 Å². The third-order valence-corrected chi connectivity index (χ3v) is 4.43. The Hall–Kier alpha value is -0.0800. The molecule has 0 saturated carbocycles. The Bertz CT molecular complexity index is 272. The summed E-state index contributed by atoms with van der Waals surface area (Å²) in [6, 6.07) is 0. The number of hydrogen-bond donors (Lipinski definition) is 0. The Labute approximate surface area is 114 Å². The van der Waals surface area contributed by atoms with Crippen LogP contribution in [0, 0.1) is 22.7 Å². The maximum absolute atomic E-state index is 2.66. The average Bonchev–Trinajstić information content (AvgIpc) is 2.00. The molecule has 0 bridgehead atoms. The molecule has 0 radical (unpaired) electrons. The van der Waals surface area contributed by atoms with Crippen molar-refractivity contribution in [1.29, 1.82) is 0 Å². The second kappa shape index (κ2) is 4.79. The number of nitrogens with zero attached hydrogens (tertiary/aromatic N) is 2. The van der Waals surface area contributed by atoms with Crippen LogP contribution in [-0.2, 0) is 0 Å². The summed E-state index contributed by atoms with van der Waals surface area (Å²) in [5.41, 5.74) is 0.966. The lowest BCUT2D eigenvalue weighted by molar-refractivity contribution is -0.0211. The zero-order chi connectivity index (χ0) is 13.6. The van der Waals surface area contributed by atoms with Gasteiger partial charge in [0, 0.05) is 39.3 Å². The van der Waals surface area contributed by atoms with Crippen LogP contribution in [0.15, 0.2) is 0 Å². The van der Waals surface area contributed by atoms with Gasteiger partial charge in [-0.15, -0.1) is 0 Å². The summed E-state index contributed by atoms with van der Waals surface area (Å²) in [6.07, 6.45) is 0. The SMILES string of the molecule is CC(C)(C)CN1CC(CN2CC(C(C)(C)C)C2)C1. The third-order valence-electron chi connectivity index (χ3n) is 4.43. The molecule has 2 fully saturated rings. The van der Waals surface area contributed by atoms with Crippen LogP contribution < -0.4 is 0 Å². The molecule has 2 nitrogen and oxygen atoms in total. The van der Waals surface area contributed by atoms with Crippen LogP contribution in [0.3, 0.4) is 0 Å². The summed E-state index contributed by atoms with van der Waals surface area (Å²) in [5, 5.41) is 0. The molecule has 2 aliphatic heterocycles. The average molecular weight is 252 g/mol. The summed E-state index contributed by atoms with van der Waals surface area (Å²) in [7, 11) is 0. The molecule has 0 aromatic rings. The smallest absolute Gasteiger partial charge is 0.00345 e. The Balaban J connectivity index is 1.59. The van der Waals surface area contributed by atoms with Crippen molar-refractivity contribution in [1.82, 2.24) is 9.80 Å². The normalized spacial score (nSPS) is 25.0. The van der Waals surface area contributed by atoms with Gasteiger partial charge in [0.2, 0.25) is 0 Å². The minimum absolute atomic E-state index is 0.457. The van der Waals surface area contributed by atoms with E-state index in [0.717, 1.165) is 11.8 Å². The maximum Gasteiger partial charge on any atom is 0.00345 e. The van der Waals surface area contributed by atoms with Crippen molar-refractivity contribution in [3.05, 3.63) is 0 Å². The third kappa shape index (κ3) is 3.71. The van der Waals surface area contributed by atoms with E-state index in [1.54, 1.807) is 0 Å². The van der Waals surface area contributed by atoms with Gasteiger partial charge in [-0.05, 0) is 22.7 Å². The van der Waals surface area contributed by atoms with E-state index in [0.29, 0.717) is 10.8 Å². The first kappa shape index (κ1) is 14.3. The van der Waals surface area contributed by atoms with Gasteiger partial charge in [-0.25, -0.2) is 0 Å². The molecule has 0 aromatic heterocycles. The van der Waals surface area contributed by atoms with E-state index in [2.05, 4.69) is 51.3 Å². The molecule has 2 rings (SSSR count). The highest BCUT2D eigenvalue weighted by molar-refractivity contribution is 4.92. The van der Waals surface area contributed by atoms with Gasteiger partial charge in [0.15, 0.2) is 0 Å². The molecule has 0 aromatic carbocycles. The largest absolute Gasteiger partial charge is 0.302 e. The molecule has 18 heavy (non-hydrogen) atoms. The van der Waals surface area contributed by atoms with Crippen LogP contribution in [-0.4, -0.2) is 49.1 Å². The quantitative estimate of drug-likeness (QED) is 0.762. The number of likely N-dealkylation sites (tertiary alicyclic amines) is 2. The van der Waals surface area contributed by atoms with E-state index in [-0.39, 0.29) is 0 Å². The molecule has 2 aliphatic rings. The highest BCUT2D eigenvalue weighted by Crippen LogP contribution is 2.34. The first-order chi connectivity index (χ1) is 8.13. The summed E-state index contributed by atoms with van der Waals surface area (Å²) in [6.45, 7) is 22.1. The van der Waals surface area contributed by atoms with Crippen molar-refractivity contribution in [3.8, 4) is 0 Å². The zero-order valence-corrected chi connectivity index (χ0v) is 13.3. The molecule has 2 saturated heterocycles. The minimum Gasteiger partial charge on any atom is -0.302 e. The van der Waals surface area contributed by atoms with Gasteiger partial charge < -0.3 is 9.80 Å². The molecule has 106 valence electrons. The highest BCUT2D eigenvalue weighted by atomic mass is 15.2. The Morgan fingerprint density at radius 1 is 0.833 bits per heavy atom. The number of rotatable bonds is 3. The highest BCUT2D eigenvalue weighted by Gasteiger charge is 2.38. The number of hydrogen-bond acceptors (Lipinski definition) is 2. The van der Waals surface area contributed by atoms with Crippen molar-refractivity contribution < 1.29 is 0 Å². The lowest BCUT2D eigenvalue weighted by Gasteiger charge is -2.50. The van der Waals surface area contributed by atoms with Gasteiger partial charge in [0.25, 0.3) is 0 Å². The van der Waals surface area contributed by atoms with Gasteiger partial charge >= 0.3 is 0 Å². The van der Waals surface area contributed by atoms with Crippen LogP contribution >= 0.6 is 0 Å². The van der Waals surface area contributed by atoms with E-state index < -0.39 is 0 Å². The summed E-state index contributed by atoms with van der Waals surface area (Å²) in [4.78, 5) is 5.28. The summed E-state index contributed by atoms with van der Waals surface area (Å²) < 4.78 is 0. The first-order valence-electron chi connectivity index (χ1n) is 7.58. The van der Waals surface area contributed by atoms with Crippen molar-refractivity contribution in [2.45, 2.75) is 41.5 Å². The molecule has 0 N–H and O–H groups in total. The second-order valence-electron chi connectivity index (χ2n) is 8.90. The van der Waals surface area contributed by atoms with Crippen LogP contribution in [0.5, 0.6) is 0 Å². The predicted molar refractivity (Wildman–Crippen MR) is 78.8 cm³/mol. The van der Waals surface area contributed by atoms with Gasteiger partial charge in [0.1, 0.15) is 0 Å². The molecule has 2 heterocycles. The Morgan fingerprint density at radius 3 is 1.83 bits per heavy atom. The minimum atomic E-state index is 0.457. The lowest BCUT2D eigenvalue weighted by Crippen LogP contribution is -2.59. The molecule has 0 unspecified atom stereocenters. The van der Waals surface area contributed by atoms with E-state index in [1.165, 1.54) is 39.3 Å². The second-order valence-corrected chi connectivity index (χ2v) is 8.90. The zero-order valence-electron chi connectivity index (χ0n) is 13.3. The maximum atomic E-state index is 2.66. The Morgan fingerprint density at radius 2 is 1.39 bits per heavy atom. The topological polar surface area (TPSA) is 6.48 Å². The molecular weight excluding hydrogens is 220 g/mol. The van der Waals surface area contributed by atoms with Crippen LogP contribution in [0.25, 0.3) is 0 Å². The van der Waals surface area contributed by atoms with E-state index >= 15 is 0 Å². The summed E-state index contributed by atoms with van der Waals surface area (Å²) >= 11 is 0. The fourth-order valence-corrected chi connectivity index (χ4v) is 3.22. The summed E-state index contributed by atoms with van der Waals surface area (Å²) in [5.74, 6) is 1.86. The molecule has 0 amide bonds. The molecular formula is C16H32N2. The Kier molecular flexibility index (Phi) is 3.81.